The summed E-state index contributed by atoms with van der Waals surface area (Å²) >= 11 is 0. The summed E-state index contributed by atoms with van der Waals surface area (Å²) in [5.41, 5.74) is 0.997. The number of rotatable bonds is 10. The van der Waals surface area contributed by atoms with E-state index in [2.05, 4.69) is 35.8 Å². The number of H-pyrrole nitrogens is 1. The molecule has 1 aromatic carbocycles. The van der Waals surface area contributed by atoms with Gasteiger partial charge in [0.15, 0.2) is 11.6 Å². The van der Waals surface area contributed by atoms with E-state index in [1.165, 1.54) is 0 Å². The van der Waals surface area contributed by atoms with E-state index in [0.29, 0.717) is 56.3 Å². The number of anilines is 1. The van der Waals surface area contributed by atoms with Crippen molar-refractivity contribution in [3.05, 3.63) is 47.9 Å². The van der Waals surface area contributed by atoms with Crippen LogP contribution < -0.4 is 10.2 Å². The van der Waals surface area contributed by atoms with Gasteiger partial charge in [0.25, 0.3) is 5.91 Å². The molecule has 2 N–H and O–H groups in total. The van der Waals surface area contributed by atoms with Crippen molar-refractivity contribution < 1.29 is 19.1 Å². The second kappa shape index (κ2) is 13.2. The first-order valence-electron chi connectivity index (χ1n) is 15.8. The van der Waals surface area contributed by atoms with Gasteiger partial charge in [-0.1, -0.05) is 62.7 Å². The topological polar surface area (TPSA) is 162 Å². The zero-order chi connectivity index (χ0) is 31.5. The summed E-state index contributed by atoms with van der Waals surface area (Å²) < 4.78 is 5.33. The summed E-state index contributed by atoms with van der Waals surface area (Å²) in [6.45, 7) is 9.29. The fourth-order valence-electron chi connectivity index (χ4n) is 6.27. The summed E-state index contributed by atoms with van der Waals surface area (Å²) in [4.78, 5) is 54.8. The van der Waals surface area contributed by atoms with E-state index in [0.717, 1.165) is 37.3 Å². The first-order valence-corrected chi connectivity index (χ1v) is 15.8. The number of benzene rings is 1. The number of amides is 3. The van der Waals surface area contributed by atoms with Crippen molar-refractivity contribution in [2.24, 2.45) is 17.8 Å². The normalized spacial score (nSPS) is 21.4. The quantitative estimate of drug-likeness (QED) is 0.323. The van der Waals surface area contributed by atoms with Crippen LogP contribution in [0.3, 0.4) is 0 Å². The molecule has 0 bridgehead atoms. The number of aromatic amines is 1. The predicted molar refractivity (Wildman–Crippen MR) is 164 cm³/mol. The zero-order valence-corrected chi connectivity index (χ0v) is 25.9. The van der Waals surface area contributed by atoms with E-state index in [1.807, 2.05) is 51.1 Å². The first kappa shape index (κ1) is 30.4. The van der Waals surface area contributed by atoms with Gasteiger partial charge in [0, 0.05) is 56.8 Å². The van der Waals surface area contributed by atoms with E-state index in [9.17, 15) is 14.4 Å². The number of hydrogen-bond acceptors (Lipinski definition) is 10. The van der Waals surface area contributed by atoms with Gasteiger partial charge >= 0.3 is 6.09 Å². The molecule has 0 spiro atoms. The Bertz CT molecular complexity index is 1480. The SMILES string of the molecule is CCCCOC(=O)N1CCN(C(=O)[C@@H](NC(=O)c2cc(N3CC4C(C3)C4c3nn[nH]n3)nc(-c3ccccc3)n2)C(C)C)CC1. The molecule has 2 aromatic heterocycles. The van der Waals surface area contributed by atoms with Crippen LogP contribution in [-0.2, 0) is 9.53 Å². The standard InChI is InChI=1S/C31H40N10O4/c1-4-5-15-45-31(44)40-13-11-39(12-14-40)30(43)26(19(2)3)34-29(42)23-16-24(33-27(32-23)20-9-7-6-8-10-20)41-17-21-22(18-41)25(21)28-35-37-38-36-28/h6-10,16,19,21-22,25-26H,4-5,11-15,17-18H2,1-3H3,(H,34,42)(H,35,36,37,38)/t21?,22?,25?,26-/m0/s1. The molecule has 238 valence electrons. The number of unbranched alkanes of at least 4 members (excludes halogenated alkanes) is 1. The minimum atomic E-state index is -0.755. The van der Waals surface area contributed by atoms with Gasteiger partial charge in [0.2, 0.25) is 5.91 Å². The second-order valence-electron chi connectivity index (χ2n) is 12.3. The molecule has 3 aromatic rings. The van der Waals surface area contributed by atoms with Crippen LogP contribution in [0.4, 0.5) is 10.6 Å². The van der Waals surface area contributed by atoms with Gasteiger partial charge in [0.1, 0.15) is 17.6 Å². The number of carbonyl (C=O) groups is 3. The first-order chi connectivity index (χ1) is 21.8. The molecule has 2 saturated heterocycles. The smallest absolute Gasteiger partial charge is 0.409 e. The Morgan fingerprint density at radius 1 is 1.02 bits per heavy atom. The molecule has 4 heterocycles. The van der Waals surface area contributed by atoms with Crippen LogP contribution in [0.1, 0.15) is 55.8 Å². The van der Waals surface area contributed by atoms with Crippen molar-refractivity contribution in [3.8, 4) is 11.4 Å². The number of piperazine rings is 1. The summed E-state index contributed by atoms with van der Waals surface area (Å²) in [6.07, 6.45) is 1.42. The molecule has 6 rings (SSSR count). The Balaban J connectivity index is 1.15. The Hall–Kier alpha value is -4.62. The lowest BCUT2D eigenvalue weighted by Crippen LogP contribution is -2.57. The average Bonchev–Trinajstić information content (AvgIpc) is 3.40. The fraction of sp³-hybridized carbons (Fsp3) is 0.548. The number of piperidine rings is 1. The molecular formula is C31H40N10O4. The maximum atomic E-state index is 13.8. The second-order valence-corrected chi connectivity index (χ2v) is 12.3. The van der Waals surface area contributed by atoms with Crippen molar-refractivity contribution in [1.82, 2.24) is 45.7 Å². The molecule has 3 amide bonds. The molecule has 1 aliphatic carbocycles. The molecule has 14 nitrogen and oxygen atoms in total. The maximum absolute atomic E-state index is 13.8. The number of tetrazole rings is 1. The van der Waals surface area contributed by atoms with Crippen LogP contribution >= 0.6 is 0 Å². The molecule has 1 saturated carbocycles. The van der Waals surface area contributed by atoms with Gasteiger partial charge in [-0.3, -0.25) is 9.59 Å². The summed E-state index contributed by atoms with van der Waals surface area (Å²) in [6, 6.07) is 10.5. The number of hydrogen-bond donors (Lipinski definition) is 2. The van der Waals surface area contributed by atoms with Crippen LogP contribution in [0, 0.1) is 17.8 Å². The summed E-state index contributed by atoms with van der Waals surface area (Å²) in [5.74, 6) is 2.16. The number of ether oxygens (including phenoxy) is 1. The minimum absolute atomic E-state index is 0.166. The Morgan fingerprint density at radius 3 is 2.38 bits per heavy atom. The lowest BCUT2D eigenvalue weighted by molar-refractivity contribution is -0.135. The number of carbonyl (C=O) groups excluding carboxylic acids is 3. The van der Waals surface area contributed by atoms with Gasteiger partial charge in [-0.05, 0) is 24.2 Å². The van der Waals surface area contributed by atoms with Crippen molar-refractivity contribution in [2.75, 3.05) is 50.8 Å². The van der Waals surface area contributed by atoms with Gasteiger partial charge in [-0.25, -0.2) is 14.8 Å². The molecule has 45 heavy (non-hydrogen) atoms. The third kappa shape index (κ3) is 6.59. The highest BCUT2D eigenvalue weighted by Gasteiger charge is 2.58. The Labute approximate surface area is 261 Å². The molecule has 2 aliphatic heterocycles. The predicted octanol–water partition coefficient (Wildman–Crippen LogP) is 2.34. The lowest BCUT2D eigenvalue weighted by Gasteiger charge is -2.36. The van der Waals surface area contributed by atoms with Crippen molar-refractivity contribution in [2.45, 2.75) is 45.6 Å². The van der Waals surface area contributed by atoms with E-state index in [-0.39, 0.29) is 29.5 Å². The molecule has 3 atom stereocenters. The van der Waals surface area contributed by atoms with Crippen molar-refractivity contribution in [3.63, 3.8) is 0 Å². The largest absolute Gasteiger partial charge is 0.449 e. The van der Waals surface area contributed by atoms with E-state index >= 15 is 0 Å². The van der Waals surface area contributed by atoms with Crippen molar-refractivity contribution >= 4 is 23.7 Å². The zero-order valence-electron chi connectivity index (χ0n) is 25.9. The summed E-state index contributed by atoms with van der Waals surface area (Å²) in [5, 5.41) is 17.5. The number of aromatic nitrogens is 6. The van der Waals surface area contributed by atoms with Gasteiger partial charge < -0.3 is 24.8 Å². The molecule has 0 radical (unpaired) electrons. The highest BCUT2D eigenvalue weighted by molar-refractivity contribution is 5.97. The highest BCUT2D eigenvalue weighted by Crippen LogP contribution is 2.57. The van der Waals surface area contributed by atoms with Gasteiger partial charge in [-0.15, -0.1) is 10.2 Å². The third-order valence-corrected chi connectivity index (χ3v) is 8.95. The maximum Gasteiger partial charge on any atom is 0.409 e. The molecule has 2 unspecified atom stereocenters. The highest BCUT2D eigenvalue weighted by atomic mass is 16.6. The summed E-state index contributed by atoms with van der Waals surface area (Å²) in [7, 11) is 0. The van der Waals surface area contributed by atoms with E-state index in [1.54, 1.807) is 15.9 Å². The van der Waals surface area contributed by atoms with Crippen LogP contribution in [0.15, 0.2) is 36.4 Å². The fourth-order valence-corrected chi connectivity index (χ4v) is 6.27. The van der Waals surface area contributed by atoms with Crippen LogP contribution in [0.25, 0.3) is 11.4 Å². The molecular weight excluding hydrogens is 576 g/mol. The van der Waals surface area contributed by atoms with Crippen LogP contribution in [0.2, 0.25) is 0 Å². The Morgan fingerprint density at radius 2 is 1.73 bits per heavy atom. The number of nitrogens with one attached hydrogen (secondary N) is 2. The van der Waals surface area contributed by atoms with Gasteiger partial charge in [-0.2, -0.15) is 5.21 Å². The van der Waals surface area contributed by atoms with Gasteiger partial charge in [0.05, 0.1) is 6.61 Å². The van der Waals surface area contributed by atoms with Crippen LogP contribution in [-0.4, -0.2) is 110 Å². The minimum Gasteiger partial charge on any atom is -0.449 e. The number of fused-ring (bicyclic) bond motifs is 1. The van der Waals surface area contributed by atoms with E-state index in [4.69, 9.17) is 9.72 Å². The number of nitrogens with zero attached hydrogens (tertiary/aromatic N) is 8. The monoisotopic (exact) mass is 616 g/mol. The average molecular weight is 617 g/mol. The van der Waals surface area contributed by atoms with Crippen LogP contribution in [0.5, 0.6) is 0 Å². The molecule has 3 fully saturated rings. The third-order valence-electron chi connectivity index (χ3n) is 8.95. The lowest BCUT2D eigenvalue weighted by atomic mass is 10.0. The van der Waals surface area contributed by atoms with E-state index < -0.39 is 11.9 Å². The van der Waals surface area contributed by atoms with Crippen molar-refractivity contribution in [1.29, 1.82) is 0 Å². The molecule has 3 aliphatic rings. The Kier molecular flexibility index (Phi) is 8.90. The molecule has 14 heteroatoms.